The normalized spacial score (nSPS) is 10.5. The Hall–Kier alpha value is -0.590. The van der Waals surface area contributed by atoms with Crippen LogP contribution in [0.25, 0.3) is 0 Å². The van der Waals surface area contributed by atoms with E-state index < -0.39 is 0 Å². The number of halogens is 2. The summed E-state index contributed by atoms with van der Waals surface area (Å²) < 4.78 is 1.77. The van der Waals surface area contributed by atoms with Gasteiger partial charge in [-0.2, -0.15) is 0 Å². The van der Waals surface area contributed by atoms with Crippen LogP contribution in [0.3, 0.4) is 0 Å². The first-order chi connectivity index (χ1) is 8.99. The van der Waals surface area contributed by atoms with Crippen LogP contribution in [0.15, 0.2) is 30.3 Å². The number of carbonyl (C=O) groups excluding carboxylic acids is 1. The second kappa shape index (κ2) is 6.24. The fourth-order valence-electron chi connectivity index (χ4n) is 1.76. The summed E-state index contributed by atoms with van der Waals surface area (Å²) in [7, 11) is 1.81. The molecule has 0 atom stereocenters. The van der Waals surface area contributed by atoms with Crippen molar-refractivity contribution in [2.75, 3.05) is 7.05 Å². The van der Waals surface area contributed by atoms with Crippen molar-refractivity contribution in [2.24, 2.45) is 0 Å². The first-order valence-corrected chi connectivity index (χ1v) is 8.01. The van der Waals surface area contributed by atoms with Crippen LogP contribution >= 0.6 is 45.5 Å². The highest BCUT2D eigenvalue weighted by atomic mass is 127. The van der Waals surface area contributed by atoms with Crippen molar-refractivity contribution in [2.45, 2.75) is 13.5 Å². The zero-order valence-corrected chi connectivity index (χ0v) is 14.3. The van der Waals surface area contributed by atoms with Crippen LogP contribution < -0.4 is 0 Å². The second-order valence-electron chi connectivity index (χ2n) is 4.30. The highest BCUT2D eigenvalue weighted by Gasteiger charge is 2.16. The number of hydrogen-bond donors (Lipinski definition) is 0. The molecule has 1 aromatic heterocycles. The largest absolute Gasteiger partial charge is 0.337 e. The van der Waals surface area contributed by atoms with Gasteiger partial charge >= 0.3 is 0 Å². The summed E-state index contributed by atoms with van der Waals surface area (Å²) in [6, 6.07) is 9.61. The van der Waals surface area contributed by atoms with Gasteiger partial charge in [0.05, 0.1) is 16.4 Å². The molecule has 1 aromatic carbocycles. The molecule has 2 aromatic rings. The smallest absolute Gasteiger partial charge is 0.255 e. The standard InChI is InChI=1S/C14H13ClINOS/c1-9-4-3-5-11(13(9)16)14(18)17(2)8-10-6-7-12(15)19-10/h3-7H,8H2,1-2H3. The molecule has 0 radical (unpaired) electrons. The zero-order valence-electron chi connectivity index (χ0n) is 10.6. The molecule has 1 amide bonds. The lowest BCUT2D eigenvalue weighted by Crippen LogP contribution is -2.26. The number of nitrogens with zero attached hydrogens (tertiary/aromatic N) is 1. The lowest BCUT2D eigenvalue weighted by Gasteiger charge is -2.17. The molecule has 0 saturated heterocycles. The average Bonchev–Trinajstić information content (AvgIpc) is 2.77. The predicted molar refractivity (Wildman–Crippen MR) is 89.0 cm³/mol. The van der Waals surface area contributed by atoms with Gasteiger partial charge in [0.1, 0.15) is 0 Å². The van der Waals surface area contributed by atoms with E-state index in [1.165, 1.54) is 11.3 Å². The van der Waals surface area contributed by atoms with Gasteiger partial charge in [0, 0.05) is 15.5 Å². The molecule has 0 aliphatic rings. The van der Waals surface area contributed by atoms with Gasteiger partial charge < -0.3 is 4.90 Å². The van der Waals surface area contributed by atoms with Crippen LogP contribution in [0.2, 0.25) is 4.34 Å². The molecule has 0 N–H and O–H groups in total. The molecular formula is C14H13ClINOS. The predicted octanol–water partition coefficient (Wildman–Crippen LogP) is 4.59. The summed E-state index contributed by atoms with van der Waals surface area (Å²) in [5.41, 5.74) is 1.88. The van der Waals surface area contributed by atoms with Crippen molar-refractivity contribution >= 4 is 51.4 Å². The van der Waals surface area contributed by atoms with Crippen molar-refractivity contribution in [1.29, 1.82) is 0 Å². The van der Waals surface area contributed by atoms with Crippen LogP contribution in [0, 0.1) is 10.5 Å². The number of thiophene rings is 1. The maximum absolute atomic E-state index is 12.4. The van der Waals surface area contributed by atoms with Gasteiger partial charge in [-0.15, -0.1) is 11.3 Å². The van der Waals surface area contributed by atoms with Crippen molar-refractivity contribution in [3.8, 4) is 0 Å². The Bertz CT molecular complexity index is 611. The number of carbonyl (C=O) groups is 1. The van der Waals surface area contributed by atoms with E-state index >= 15 is 0 Å². The number of rotatable bonds is 3. The molecule has 2 rings (SSSR count). The molecule has 0 bridgehead atoms. The first-order valence-electron chi connectivity index (χ1n) is 5.74. The molecule has 0 unspecified atom stereocenters. The van der Waals surface area contributed by atoms with E-state index in [4.69, 9.17) is 11.6 Å². The van der Waals surface area contributed by atoms with E-state index in [0.29, 0.717) is 6.54 Å². The van der Waals surface area contributed by atoms with Gasteiger partial charge in [0.2, 0.25) is 0 Å². The summed E-state index contributed by atoms with van der Waals surface area (Å²) >= 11 is 9.63. The molecule has 19 heavy (non-hydrogen) atoms. The molecule has 5 heteroatoms. The molecule has 0 aliphatic heterocycles. The van der Waals surface area contributed by atoms with E-state index in [1.54, 1.807) is 4.90 Å². The van der Waals surface area contributed by atoms with Crippen molar-refractivity contribution in [3.63, 3.8) is 0 Å². The lowest BCUT2D eigenvalue weighted by molar-refractivity contribution is 0.0785. The minimum atomic E-state index is 0.0395. The Morgan fingerprint density at radius 2 is 2.11 bits per heavy atom. The summed E-state index contributed by atoms with van der Waals surface area (Å²) in [5, 5.41) is 0. The van der Waals surface area contributed by atoms with Crippen molar-refractivity contribution in [3.05, 3.63) is 54.2 Å². The SMILES string of the molecule is Cc1cccc(C(=O)N(C)Cc2ccc(Cl)s2)c1I. The fourth-order valence-corrected chi connectivity index (χ4v) is 3.49. The summed E-state index contributed by atoms with van der Waals surface area (Å²) in [6.45, 7) is 2.60. The van der Waals surface area contributed by atoms with Crippen LogP contribution in [-0.2, 0) is 6.54 Å². The highest BCUT2D eigenvalue weighted by Crippen LogP contribution is 2.24. The lowest BCUT2D eigenvalue weighted by atomic mass is 10.1. The van der Waals surface area contributed by atoms with Crippen LogP contribution in [0.4, 0.5) is 0 Å². The minimum Gasteiger partial charge on any atom is -0.337 e. The maximum Gasteiger partial charge on any atom is 0.255 e. The van der Waals surface area contributed by atoms with Crippen LogP contribution in [-0.4, -0.2) is 17.9 Å². The maximum atomic E-state index is 12.4. The second-order valence-corrected chi connectivity index (χ2v) is 7.18. The zero-order chi connectivity index (χ0) is 14.0. The molecule has 1 heterocycles. The summed E-state index contributed by atoms with van der Waals surface area (Å²) in [6.07, 6.45) is 0. The van der Waals surface area contributed by atoms with E-state index in [9.17, 15) is 4.79 Å². The van der Waals surface area contributed by atoms with Gasteiger partial charge in [-0.1, -0.05) is 23.7 Å². The summed E-state index contributed by atoms with van der Waals surface area (Å²) in [4.78, 5) is 15.2. The Kier molecular flexibility index (Phi) is 4.86. The van der Waals surface area contributed by atoms with Gasteiger partial charge in [0.15, 0.2) is 0 Å². The van der Waals surface area contributed by atoms with Crippen LogP contribution in [0.1, 0.15) is 20.8 Å². The third kappa shape index (κ3) is 3.49. The third-order valence-corrected chi connectivity index (χ3v) is 5.44. The monoisotopic (exact) mass is 405 g/mol. The van der Waals surface area contributed by atoms with Gasteiger partial charge in [-0.3, -0.25) is 4.79 Å². The fraction of sp³-hybridized carbons (Fsp3) is 0.214. The Morgan fingerprint density at radius 3 is 2.74 bits per heavy atom. The molecule has 0 spiro atoms. The number of amides is 1. The van der Waals surface area contributed by atoms with Crippen LogP contribution in [0.5, 0.6) is 0 Å². The van der Waals surface area contributed by atoms with Gasteiger partial charge in [-0.25, -0.2) is 0 Å². The quantitative estimate of drug-likeness (QED) is 0.684. The first kappa shape index (κ1) is 14.8. The molecular weight excluding hydrogens is 393 g/mol. The summed E-state index contributed by atoms with van der Waals surface area (Å²) in [5.74, 6) is 0.0395. The molecule has 100 valence electrons. The van der Waals surface area contributed by atoms with E-state index in [0.717, 1.165) is 23.9 Å². The Balaban J connectivity index is 2.17. The van der Waals surface area contributed by atoms with Crippen molar-refractivity contribution < 1.29 is 4.79 Å². The van der Waals surface area contributed by atoms with E-state index in [2.05, 4.69) is 22.6 Å². The van der Waals surface area contributed by atoms with Gasteiger partial charge in [0.25, 0.3) is 5.91 Å². The van der Waals surface area contributed by atoms with Crippen molar-refractivity contribution in [1.82, 2.24) is 4.90 Å². The number of aryl methyl sites for hydroxylation is 1. The Labute approximate surface area is 135 Å². The van der Waals surface area contributed by atoms with E-state index in [1.807, 2.05) is 44.3 Å². The van der Waals surface area contributed by atoms with Gasteiger partial charge in [-0.05, 0) is 53.3 Å². The number of benzene rings is 1. The number of hydrogen-bond acceptors (Lipinski definition) is 2. The average molecular weight is 406 g/mol. The molecule has 0 aliphatic carbocycles. The highest BCUT2D eigenvalue weighted by molar-refractivity contribution is 14.1. The Morgan fingerprint density at radius 1 is 1.37 bits per heavy atom. The topological polar surface area (TPSA) is 20.3 Å². The van der Waals surface area contributed by atoms with E-state index in [-0.39, 0.29) is 5.91 Å². The molecule has 2 nitrogen and oxygen atoms in total. The molecule has 0 fully saturated rings. The molecule has 0 saturated carbocycles. The third-order valence-electron chi connectivity index (χ3n) is 2.79. The minimum absolute atomic E-state index is 0.0395.